The molecule has 0 spiro atoms. The van der Waals surface area contributed by atoms with E-state index in [2.05, 4.69) is 0 Å². The molecule has 0 radical (unpaired) electrons. The summed E-state index contributed by atoms with van der Waals surface area (Å²) in [6, 6.07) is 0. The van der Waals surface area contributed by atoms with Gasteiger partial charge in [0, 0.05) is 5.56 Å². The summed E-state index contributed by atoms with van der Waals surface area (Å²) in [5, 5.41) is 0.928. The quantitative estimate of drug-likeness (QED) is 0.816. The number of hydrogen-bond acceptors (Lipinski definition) is 4. The molecule has 0 aliphatic carbocycles. The molecule has 1 aromatic rings. The molecule has 1 heterocycles. The van der Waals surface area contributed by atoms with Gasteiger partial charge in [-0.1, -0.05) is 11.3 Å². The third kappa shape index (κ3) is 2.19. The van der Waals surface area contributed by atoms with E-state index in [4.69, 9.17) is 15.2 Å². The molecule has 0 amide bonds. The number of rotatable bonds is 5. The van der Waals surface area contributed by atoms with Gasteiger partial charge in [-0.3, -0.25) is 0 Å². The zero-order valence-corrected chi connectivity index (χ0v) is 9.74. The summed E-state index contributed by atoms with van der Waals surface area (Å²) in [4.78, 5) is 1.18. The third-order valence-electron chi connectivity index (χ3n) is 1.96. The fourth-order valence-electron chi connectivity index (χ4n) is 1.36. The van der Waals surface area contributed by atoms with Crippen molar-refractivity contribution in [3.05, 3.63) is 10.4 Å². The van der Waals surface area contributed by atoms with E-state index in [0.29, 0.717) is 13.2 Å². The van der Waals surface area contributed by atoms with Crippen molar-refractivity contribution in [2.24, 2.45) is 5.73 Å². The summed E-state index contributed by atoms with van der Waals surface area (Å²) < 4.78 is 10.8. The van der Waals surface area contributed by atoms with Gasteiger partial charge in [0.2, 0.25) is 0 Å². The Hall–Kier alpha value is -0.740. The van der Waals surface area contributed by atoms with Crippen molar-refractivity contribution in [3.63, 3.8) is 0 Å². The van der Waals surface area contributed by atoms with E-state index < -0.39 is 0 Å². The van der Waals surface area contributed by atoms with E-state index in [1.54, 1.807) is 18.4 Å². The molecule has 0 unspecified atom stereocenters. The lowest BCUT2D eigenvalue weighted by Gasteiger charge is -2.04. The van der Waals surface area contributed by atoms with Gasteiger partial charge in [0.25, 0.3) is 0 Å². The van der Waals surface area contributed by atoms with E-state index in [0.717, 1.165) is 22.8 Å². The Morgan fingerprint density at radius 3 is 2.64 bits per heavy atom. The van der Waals surface area contributed by atoms with Crippen LogP contribution in [0.3, 0.4) is 0 Å². The highest BCUT2D eigenvalue weighted by atomic mass is 32.1. The molecule has 14 heavy (non-hydrogen) atoms. The van der Waals surface area contributed by atoms with Gasteiger partial charge in [-0.2, -0.15) is 0 Å². The predicted octanol–water partition coefficient (Wildman–Crippen LogP) is 1.97. The molecule has 0 aliphatic rings. The predicted molar refractivity (Wildman–Crippen MR) is 59.5 cm³/mol. The van der Waals surface area contributed by atoms with Crippen molar-refractivity contribution in [1.29, 1.82) is 0 Å². The van der Waals surface area contributed by atoms with Gasteiger partial charge in [-0.25, -0.2) is 0 Å². The molecule has 80 valence electrons. The van der Waals surface area contributed by atoms with Crippen molar-refractivity contribution >= 4 is 11.3 Å². The van der Waals surface area contributed by atoms with Crippen LogP contribution in [0.25, 0.3) is 0 Å². The first-order valence-electron chi connectivity index (χ1n) is 4.73. The van der Waals surface area contributed by atoms with Crippen LogP contribution in [0.1, 0.15) is 17.4 Å². The first-order valence-corrected chi connectivity index (χ1v) is 5.55. The smallest absolute Gasteiger partial charge is 0.180 e. The molecular weight excluding hydrogens is 198 g/mol. The van der Waals surface area contributed by atoms with Gasteiger partial charge < -0.3 is 15.2 Å². The SMILES string of the molecule is CCOc1c(CCN)sc(OC)c1C. The standard InChI is InChI=1S/C10H17NO2S/c1-4-13-9-7(2)10(12-3)14-8(9)5-6-11/h4-6,11H2,1-3H3. The van der Waals surface area contributed by atoms with Crippen molar-refractivity contribution in [3.8, 4) is 10.8 Å². The van der Waals surface area contributed by atoms with E-state index in [9.17, 15) is 0 Å². The minimum Gasteiger partial charge on any atom is -0.492 e. The second kappa shape index (κ2) is 5.22. The lowest BCUT2D eigenvalue weighted by Crippen LogP contribution is -2.03. The molecule has 0 saturated carbocycles. The van der Waals surface area contributed by atoms with Crippen LogP contribution in [0.4, 0.5) is 0 Å². The molecule has 1 aromatic heterocycles. The fourth-order valence-corrected chi connectivity index (χ4v) is 2.44. The number of ether oxygens (including phenoxy) is 2. The van der Waals surface area contributed by atoms with Crippen molar-refractivity contribution < 1.29 is 9.47 Å². The average Bonchev–Trinajstić information content (AvgIpc) is 2.47. The Kier molecular flexibility index (Phi) is 4.22. The maximum absolute atomic E-state index is 5.58. The van der Waals surface area contributed by atoms with Crippen LogP contribution in [-0.4, -0.2) is 20.3 Å². The largest absolute Gasteiger partial charge is 0.492 e. The summed E-state index contributed by atoms with van der Waals surface area (Å²) in [6.45, 7) is 5.32. The lowest BCUT2D eigenvalue weighted by molar-refractivity contribution is 0.333. The molecule has 0 atom stereocenters. The van der Waals surface area contributed by atoms with E-state index in [-0.39, 0.29) is 0 Å². The second-order valence-electron chi connectivity index (χ2n) is 2.94. The van der Waals surface area contributed by atoms with Gasteiger partial charge in [-0.15, -0.1) is 0 Å². The molecule has 3 nitrogen and oxygen atoms in total. The molecule has 0 aliphatic heterocycles. The molecule has 0 saturated heterocycles. The number of nitrogens with two attached hydrogens (primary N) is 1. The molecular formula is C10H17NO2S. The Labute approximate surface area is 88.8 Å². The number of hydrogen-bond donors (Lipinski definition) is 1. The summed E-state index contributed by atoms with van der Waals surface area (Å²) in [5.41, 5.74) is 6.62. The zero-order chi connectivity index (χ0) is 10.6. The number of methoxy groups -OCH3 is 1. The second-order valence-corrected chi connectivity index (χ2v) is 4.01. The average molecular weight is 215 g/mol. The molecule has 2 N–H and O–H groups in total. The highest BCUT2D eigenvalue weighted by molar-refractivity contribution is 7.14. The maximum atomic E-state index is 5.58. The Morgan fingerprint density at radius 1 is 1.43 bits per heavy atom. The summed E-state index contributed by atoms with van der Waals surface area (Å²) in [7, 11) is 1.68. The molecule has 0 fully saturated rings. The van der Waals surface area contributed by atoms with Crippen LogP contribution < -0.4 is 15.2 Å². The van der Waals surface area contributed by atoms with Crippen molar-refractivity contribution in [2.45, 2.75) is 20.3 Å². The van der Waals surface area contributed by atoms with E-state index in [1.165, 1.54) is 4.88 Å². The van der Waals surface area contributed by atoms with Gasteiger partial charge >= 0.3 is 0 Å². The van der Waals surface area contributed by atoms with Crippen LogP contribution in [0, 0.1) is 6.92 Å². The minimum absolute atomic E-state index is 0.642. The minimum atomic E-state index is 0.642. The Balaban J connectivity index is 3.00. The van der Waals surface area contributed by atoms with Crippen molar-refractivity contribution in [1.82, 2.24) is 0 Å². The van der Waals surface area contributed by atoms with Gasteiger partial charge in [0.15, 0.2) is 5.06 Å². The van der Waals surface area contributed by atoms with Crippen molar-refractivity contribution in [2.75, 3.05) is 20.3 Å². The van der Waals surface area contributed by atoms with Crippen LogP contribution in [-0.2, 0) is 6.42 Å². The molecule has 0 bridgehead atoms. The third-order valence-corrected chi connectivity index (χ3v) is 3.26. The van der Waals surface area contributed by atoms with E-state index in [1.807, 2.05) is 13.8 Å². The summed E-state index contributed by atoms with van der Waals surface area (Å²) in [5.74, 6) is 0.958. The van der Waals surface area contributed by atoms with Crippen LogP contribution in [0.15, 0.2) is 0 Å². The van der Waals surface area contributed by atoms with Gasteiger partial charge in [-0.05, 0) is 26.8 Å². The lowest BCUT2D eigenvalue weighted by atomic mass is 10.2. The highest BCUT2D eigenvalue weighted by Crippen LogP contribution is 2.40. The molecule has 0 aromatic carbocycles. The normalized spacial score (nSPS) is 10.3. The fraction of sp³-hybridized carbons (Fsp3) is 0.600. The first-order chi connectivity index (χ1) is 6.74. The van der Waals surface area contributed by atoms with Crippen LogP contribution in [0.2, 0.25) is 0 Å². The Morgan fingerprint density at radius 2 is 2.14 bits per heavy atom. The highest BCUT2D eigenvalue weighted by Gasteiger charge is 2.15. The Bertz CT molecular complexity index is 297. The molecule has 4 heteroatoms. The van der Waals surface area contributed by atoms with Gasteiger partial charge in [0.1, 0.15) is 5.75 Å². The van der Waals surface area contributed by atoms with Crippen LogP contribution >= 0.6 is 11.3 Å². The van der Waals surface area contributed by atoms with Crippen LogP contribution in [0.5, 0.6) is 10.8 Å². The van der Waals surface area contributed by atoms with E-state index >= 15 is 0 Å². The topological polar surface area (TPSA) is 44.5 Å². The summed E-state index contributed by atoms with van der Waals surface area (Å²) >= 11 is 1.62. The maximum Gasteiger partial charge on any atom is 0.180 e. The number of thiophene rings is 1. The van der Waals surface area contributed by atoms with Gasteiger partial charge in [0.05, 0.1) is 18.6 Å². The first kappa shape index (κ1) is 11.3. The molecule has 1 rings (SSSR count). The zero-order valence-electron chi connectivity index (χ0n) is 8.92. The summed E-state index contributed by atoms with van der Waals surface area (Å²) in [6.07, 6.45) is 0.851. The monoisotopic (exact) mass is 215 g/mol.